The third kappa shape index (κ3) is 7.36. The van der Waals surface area contributed by atoms with Gasteiger partial charge in [-0.2, -0.15) is 4.98 Å². The number of aryl methyl sites for hydroxylation is 1. The van der Waals surface area contributed by atoms with Crippen molar-refractivity contribution in [3.05, 3.63) is 47.1 Å². The fraction of sp³-hybridized carbons (Fsp3) is 0.630. The molecule has 36 heavy (non-hydrogen) atoms. The molecule has 1 aliphatic heterocycles. The molecule has 1 saturated carbocycles. The van der Waals surface area contributed by atoms with Gasteiger partial charge in [-0.1, -0.05) is 55.1 Å². The van der Waals surface area contributed by atoms with Crippen molar-refractivity contribution in [3.63, 3.8) is 0 Å². The first-order valence-corrected chi connectivity index (χ1v) is 13.3. The maximum Gasteiger partial charge on any atom is 0.227 e. The van der Waals surface area contributed by atoms with E-state index < -0.39 is 5.54 Å². The smallest absolute Gasteiger partial charge is 0.227 e. The zero-order valence-corrected chi connectivity index (χ0v) is 21.7. The van der Waals surface area contributed by atoms with Gasteiger partial charge in [0.2, 0.25) is 17.7 Å². The molecule has 0 bridgehead atoms. The Labute approximate surface area is 214 Å². The highest BCUT2D eigenvalue weighted by molar-refractivity contribution is 5.76. The quantitative estimate of drug-likeness (QED) is 0.515. The normalized spacial score (nSPS) is 18.9. The molecular weight excluding hydrogens is 456 g/mol. The van der Waals surface area contributed by atoms with Crippen LogP contribution in [-0.4, -0.2) is 65.0 Å². The van der Waals surface area contributed by atoms with Crippen molar-refractivity contribution in [2.24, 2.45) is 0 Å². The number of piperazine rings is 1. The van der Waals surface area contributed by atoms with Crippen molar-refractivity contribution in [1.29, 1.82) is 0 Å². The van der Waals surface area contributed by atoms with Crippen LogP contribution in [0.25, 0.3) is 0 Å². The van der Waals surface area contributed by atoms with E-state index in [1.165, 1.54) is 12.5 Å². The zero-order chi connectivity index (χ0) is 25.4. The highest BCUT2D eigenvalue weighted by atomic mass is 16.5. The van der Waals surface area contributed by atoms with E-state index in [9.17, 15) is 9.59 Å². The van der Waals surface area contributed by atoms with E-state index in [4.69, 9.17) is 4.52 Å². The largest absolute Gasteiger partial charge is 0.352 e. The van der Waals surface area contributed by atoms with Gasteiger partial charge in [0, 0.05) is 59.0 Å². The van der Waals surface area contributed by atoms with E-state index in [2.05, 4.69) is 61.9 Å². The molecule has 2 fully saturated rings. The van der Waals surface area contributed by atoms with Gasteiger partial charge in [-0.15, -0.1) is 0 Å². The number of carbonyl (C=O) groups excluding carboxylic acids is 2. The summed E-state index contributed by atoms with van der Waals surface area (Å²) in [4.78, 5) is 33.7. The molecule has 196 valence electrons. The number of nitrogens with one attached hydrogen (secondary N) is 2. The molecular formula is C27H40N6O3. The molecule has 1 aliphatic carbocycles. The summed E-state index contributed by atoms with van der Waals surface area (Å²) in [6.45, 7) is 7.42. The predicted octanol–water partition coefficient (Wildman–Crippen LogP) is 2.75. The molecule has 2 amide bonds. The number of hydrogen-bond acceptors (Lipinski definition) is 7. The van der Waals surface area contributed by atoms with Crippen molar-refractivity contribution in [2.75, 3.05) is 33.2 Å². The third-order valence-corrected chi connectivity index (χ3v) is 7.35. The van der Waals surface area contributed by atoms with Crippen LogP contribution in [0.5, 0.6) is 0 Å². The van der Waals surface area contributed by atoms with Crippen LogP contribution >= 0.6 is 0 Å². The molecule has 0 radical (unpaired) electrons. The summed E-state index contributed by atoms with van der Waals surface area (Å²) >= 11 is 0. The van der Waals surface area contributed by atoms with Gasteiger partial charge in [-0.05, 0) is 31.0 Å². The lowest BCUT2D eigenvalue weighted by Crippen LogP contribution is -2.45. The van der Waals surface area contributed by atoms with Gasteiger partial charge in [0.05, 0.1) is 0 Å². The topological polar surface area (TPSA) is 104 Å². The number of amides is 2. The minimum atomic E-state index is -0.567. The van der Waals surface area contributed by atoms with Gasteiger partial charge in [-0.25, -0.2) is 0 Å². The highest BCUT2D eigenvalue weighted by Crippen LogP contribution is 2.34. The Morgan fingerprint density at radius 3 is 2.33 bits per heavy atom. The average Bonchev–Trinajstić information content (AvgIpc) is 3.23. The molecule has 9 nitrogen and oxygen atoms in total. The van der Waals surface area contributed by atoms with Crippen LogP contribution in [0.3, 0.4) is 0 Å². The van der Waals surface area contributed by atoms with E-state index in [0.717, 1.165) is 76.8 Å². The first-order chi connectivity index (χ1) is 17.4. The zero-order valence-electron chi connectivity index (χ0n) is 21.7. The summed E-state index contributed by atoms with van der Waals surface area (Å²) < 4.78 is 5.46. The molecule has 2 aromatic rings. The summed E-state index contributed by atoms with van der Waals surface area (Å²) in [7, 11) is 2.17. The second kappa shape index (κ2) is 12.5. The summed E-state index contributed by atoms with van der Waals surface area (Å²) in [6.07, 6.45) is 6.58. The minimum Gasteiger partial charge on any atom is -0.352 e. The Bertz CT molecular complexity index is 989. The number of carbonyl (C=O) groups is 2. The number of nitrogens with zero attached hydrogens (tertiary/aromatic N) is 4. The van der Waals surface area contributed by atoms with E-state index in [1.807, 2.05) is 0 Å². The van der Waals surface area contributed by atoms with Crippen LogP contribution < -0.4 is 10.6 Å². The molecule has 9 heteroatoms. The van der Waals surface area contributed by atoms with Crippen molar-refractivity contribution >= 4 is 11.8 Å². The van der Waals surface area contributed by atoms with Gasteiger partial charge >= 0.3 is 0 Å². The number of hydrogen-bond donors (Lipinski definition) is 2. The summed E-state index contributed by atoms with van der Waals surface area (Å²) in [5, 5.41) is 10.3. The third-order valence-electron chi connectivity index (χ3n) is 7.35. The highest BCUT2D eigenvalue weighted by Gasteiger charge is 2.38. The number of aromatic nitrogens is 2. The first-order valence-electron chi connectivity index (χ1n) is 13.3. The van der Waals surface area contributed by atoms with Gasteiger partial charge in [0.25, 0.3) is 0 Å². The van der Waals surface area contributed by atoms with Crippen LogP contribution in [0.15, 0.2) is 28.8 Å². The molecule has 1 aromatic carbocycles. The average molecular weight is 497 g/mol. The number of likely N-dealkylation sites (N-methyl/N-ethyl adjacent to an activating group) is 1. The van der Waals surface area contributed by atoms with Crippen molar-refractivity contribution in [2.45, 2.75) is 76.9 Å². The lowest BCUT2D eigenvalue weighted by Gasteiger charge is -2.32. The van der Waals surface area contributed by atoms with Gasteiger partial charge in [0.1, 0.15) is 5.54 Å². The Morgan fingerprint density at radius 2 is 1.67 bits per heavy atom. The fourth-order valence-corrected chi connectivity index (χ4v) is 5.16. The van der Waals surface area contributed by atoms with Crippen LogP contribution in [0.2, 0.25) is 0 Å². The summed E-state index contributed by atoms with van der Waals surface area (Å²) in [5.74, 6) is 0.825. The molecule has 0 atom stereocenters. The van der Waals surface area contributed by atoms with E-state index in [1.54, 1.807) is 0 Å². The summed E-state index contributed by atoms with van der Waals surface area (Å²) in [6, 6.07) is 8.48. The van der Waals surface area contributed by atoms with Gasteiger partial charge in [0.15, 0.2) is 5.82 Å². The Balaban J connectivity index is 1.23. The first kappa shape index (κ1) is 26.3. The van der Waals surface area contributed by atoms with Crippen LogP contribution in [-0.2, 0) is 34.6 Å². The second-order valence-electron chi connectivity index (χ2n) is 10.4. The van der Waals surface area contributed by atoms with Crippen LogP contribution in [0, 0.1) is 0 Å². The Kier molecular flexibility index (Phi) is 9.09. The molecule has 2 aliphatic rings. The van der Waals surface area contributed by atoms with Crippen LogP contribution in [0.4, 0.5) is 0 Å². The van der Waals surface area contributed by atoms with Gasteiger partial charge in [-0.3, -0.25) is 14.5 Å². The standard InChI is InChI=1S/C27H40N6O3/c1-21(34)30-27(13-5-3-4-6-14-27)26-29-25(36-31-26)12-11-24(35)28-19-22-7-9-23(10-8-22)20-33-17-15-32(2)16-18-33/h7-10H,3-6,11-20H2,1-2H3,(H,28,35)(H,30,34). The van der Waals surface area contributed by atoms with Crippen molar-refractivity contribution in [1.82, 2.24) is 30.6 Å². The lowest BCUT2D eigenvalue weighted by atomic mass is 9.89. The van der Waals surface area contributed by atoms with E-state index in [0.29, 0.717) is 24.7 Å². The molecule has 2 heterocycles. The maximum absolute atomic E-state index is 12.4. The Morgan fingerprint density at radius 1 is 1.00 bits per heavy atom. The molecule has 4 rings (SSSR count). The van der Waals surface area contributed by atoms with Gasteiger partial charge < -0.3 is 20.1 Å². The molecule has 1 aromatic heterocycles. The van der Waals surface area contributed by atoms with Crippen molar-refractivity contribution < 1.29 is 14.1 Å². The Hall–Kier alpha value is -2.78. The maximum atomic E-state index is 12.4. The number of benzene rings is 1. The SMILES string of the molecule is CC(=O)NC1(c2noc(CCC(=O)NCc3ccc(CN4CCN(C)CC4)cc3)n2)CCCCCC1. The second-order valence-corrected chi connectivity index (χ2v) is 10.4. The summed E-state index contributed by atoms with van der Waals surface area (Å²) in [5.41, 5.74) is 1.81. The fourth-order valence-electron chi connectivity index (χ4n) is 5.16. The van der Waals surface area contributed by atoms with Crippen molar-refractivity contribution in [3.8, 4) is 0 Å². The minimum absolute atomic E-state index is 0.0534. The van der Waals surface area contributed by atoms with Crippen LogP contribution in [0.1, 0.15) is 74.7 Å². The van der Waals surface area contributed by atoms with E-state index in [-0.39, 0.29) is 18.2 Å². The predicted molar refractivity (Wildman–Crippen MR) is 137 cm³/mol. The molecule has 1 saturated heterocycles. The molecule has 0 unspecified atom stereocenters. The molecule has 0 spiro atoms. The monoisotopic (exact) mass is 496 g/mol. The lowest BCUT2D eigenvalue weighted by molar-refractivity contribution is -0.122. The molecule has 2 N–H and O–H groups in total. The van der Waals surface area contributed by atoms with E-state index >= 15 is 0 Å². The number of rotatable bonds is 9.